The minimum Gasteiger partial charge on any atom is -0.0544 e. The van der Waals surface area contributed by atoms with Crippen molar-refractivity contribution in [1.29, 1.82) is 0 Å². The van der Waals surface area contributed by atoms with Crippen LogP contribution in [0.5, 0.6) is 0 Å². The lowest BCUT2D eigenvalue weighted by atomic mass is 10.1. The highest BCUT2D eigenvalue weighted by Crippen LogP contribution is 2.18. The minimum absolute atomic E-state index is 1.18. The van der Waals surface area contributed by atoms with Gasteiger partial charge in [-0.1, -0.05) is 219 Å². The molecule has 6 aromatic carbocycles. The molecule has 10 aliphatic rings. The van der Waals surface area contributed by atoms with Gasteiger partial charge in [0.2, 0.25) is 0 Å². The third-order valence-electron chi connectivity index (χ3n) is 8.43. The van der Waals surface area contributed by atoms with Crippen molar-refractivity contribution in [2.24, 2.45) is 0 Å². The van der Waals surface area contributed by atoms with Crippen LogP contribution < -0.4 is 0 Å². The third-order valence-corrected chi connectivity index (χ3v) is 8.43. The zero-order valence-electron chi connectivity index (χ0n) is 26.8. The fraction of sp³-hybridized carbons (Fsp3) is 0. The summed E-state index contributed by atoms with van der Waals surface area (Å²) in [6.45, 7) is 0. The summed E-state index contributed by atoms with van der Waals surface area (Å²) in [5.74, 6) is 0. The van der Waals surface area contributed by atoms with Gasteiger partial charge in [0.05, 0.1) is 0 Å². The van der Waals surface area contributed by atoms with Gasteiger partial charge < -0.3 is 0 Å². The first kappa shape index (κ1) is 30.4. The Balaban J connectivity index is 1.12. The largest absolute Gasteiger partial charge is 0.0544 e. The van der Waals surface area contributed by atoms with E-state index in [1.807, 2.05) is 0 Å². The van der Waals surface area contributed by atoms with Gasteiger partial charge in [-0.05, 0) is 66.8 Å². The normalized spacial score (nSPS) is 16.5. The van der Waals surface area contributed by atoms with E-state index in [0.29, 0.717) is 0 Å². The number of rotatable bonds is 0. The zero-order valence-corrected chi connectivity index (χ0v) is 26.8. The third kappa shape index (κ3) is 8.51. The summed E-state index contributed by atoms with van der Waals surface area (Å²) in [6, 6.07) is 51.9. The molecule has 0 aromatic heterocycles. The lowest BCUT2D eigenvalue weighted by Crippen LogP contribution is -1.79. The Morgan fingerprint density at radius 3 is 0.229 bits per heavy atom. The molecule has 12 bridgehead atoms. The van der Waals surface area contributed by atoms with Crippen LogP contribution in [0.25, 0.3) is 72.9 Å². The molecule has 0 saturated heterocycles. The molecule has 0 heteroatoms. The highest BCUT2D eigenvalue weighted by molar-refractivity contribution is 5.77. The van der Waals surface area contributed by atoms with E-state index < -0.39 is 0 Å². The van der Waals surface area contributed by atoms with Gasteiger partial charge in [0.15, 0.2) is 0 Å². The Morgan fingerprint density at radius 2 is 0.167 bits per heavy atom. The Hall–Kier alpha value is -6.24. The molecule has 6 aromatic rings. The summed E-state index contributed by atoms with van der Waals surface area (Å²) < 4.78 is 0. The number of benzene rings is 6. The summed E-state index contributed by atoms with van der Waals surface area (Å²) in [5.41, 5.74) is 14.1. The number of hydrogen-bond acceptors (Lipinski definition) is 0. The maximum absolute atomic E-state index is 2.16. The van der Waals surface area contributed by atoms with Crippen LogP contribution in [0, 0.1) is 0 Å². The van der Waals surface area contributed by atoms with Crippen LogP contribution in [0.1, 0.15) is 66.8 Å². The van der Waals surface area contributed by atoms with E-state index in [1.165, 1.54) is 66.8 Å². The molecule has 0 aliphatic heterocycles. The van der Waals surface area contributed by atoms with Crippen molar-refractivity contribution < 1.29 is 0 Å². The lowest BCUT2D eigenvalue weighted by Gasteiger charge is -2.00. The van der Waals surface area contributed by atoms with Crippen LogP contribution in [0.4, 0.5) is 0 Å². The van der Waals surface area contributed by atoms with Crippen LogP contribution >= 0.6 is 0 Å². The van der Waals surface area contributed by atoms with E-state index in [-0.39, 0.29) is 0 Å². The maximum atomic E-state index is 2.16. The van der Waals surface area contributed by atoms with Gasteiger partial charge in [-0.15, -0.1) is 0 Å². The fourth-order valence-electron chi connectivity index (χ4n) is 5.46. The van der Waals surface area contributed by atoms with Crippen molar-refractivity contribution in [3.8, 4) is 0 Å². The van der Waals surface area contributed by atoms with Crippen molar-refractivity contribution in [2.75, 3.05) is 0 Å². The van der Waals surface area contributed by atoms with Crippen molar-refractivity contribution in [1.82, 2.24) is 0 Å². The van der Waals surface area contributed by atoms with Crippen molar-refractivity contribution in [2.45, 2.75) is 0 Å². The van der Waals surface area contributed by atoms with E-state index in [4.69, 9.17) is 0 Å². The molecule has 0 fully saturated rings. The highest BCUT2D eigenvalue weighted by atomic mass is 14.0. The van der Waals surface area contributed by atoms with Gasteiger partial charge in [0.25, 0.3) is 0 Å². The second kappa shape index (κ2) is 14.9. The molecule has 0 heterocycles. The Bertz CT molecular complexity index is 1560. The van der Waals surface area contributed by atoms with Gasteiger partial charge in [0.1, 0.15) is 0 Å². The molecule has 0 spiro atoms. The Kier molecular flexibility index (Phi) is 9.44. The van der Waals surface area contributed by atoms with E-state index in [2.05, 4.69) is 219 Å². The van der Waals surface area contributed by atoms with Gasteiger partial charge in [-0.25, -0.2) is 0 Å². The molecule has 10 aliphatic carbocycles. The molecule has 0 N–H and O–H groups in total. The second-order valence-electron chi connectivity index (χ2n) is 12.0. The summed E-state index contributed by atoms with van der Waals surface area (Å²) in [4.78, 5) is 0. The van der Waals surface area contributed by atoms with Crippen LogP contribution in [0.2, 0.25) is 0 Å². The van der Waals surface area contributed by atoms with E-state index >= 15 is 0 Å². The standard InChI is InChI=1S/C48H36/c1-2-38-4-3-37(1)25-26-39-5-7-41(8-6-39)29-30-43-13-15-45(16-14-43)33-34-47-21-23-48(24-22-47)36-35-46-19-17-44(18-20-46)32-31-42-11-9-40(10-12-42)28-27-38/h1-36H/b26-25+,28-27+,30-29+,32-31+,34-33+,36-35+,37-25?,38-27?,39-26?,40-28?,41-29?,42-31?,43-30?,44-32?,45-33?,46-35?,47-34?,48-36?. The number of hydrogen-bond donors (Lipinski definition) is 0. The molecule has 228 valence electrons. The molecular formula is C48H36. The van der Waals surface area contributed by atoms with Gasteiger partial charge >= 0.3 is 0 Å². The van der Waals surface area contributed by atoms with Crippen LogP contribution in [-0.4, -0.2) is 0 Å². The monoisotopic (exact) mass is 612 g/mol. The van der Waals surface area contributed by atoms with Gasteiger partial charge in [0, 0.05) is 0 Å². The molecule has 0 radical (unpaired) electrons. The molecule has 48 heavy (non-hydrogen) atoms. The van der Waals surface area contributed by atoms with Crippen LogP contribution in [0.3, 0.4) is 0 Å². The summed E-state index contributed by atoms with van der Waals surface area (Å²) in [7, 11) is 0. The second-order valence-corrected chi connectivity index (χ2v) is 12.0. The predicted octanol–water partition coefficient (Wildman–Crippen LogP) is 13.0. The summed E-state index contributed by atoms with van der Waals surface area (Å²) in [5, 5.41) is 0. The minimum atomic E-state index is 1.18. The van der Waals surface area contributed by atoms with Crippen LogP contribution in [0.15, 0.2) is 146 Å². The highest BCUT2D eigenvalue weighted by Gasteiger charge is 1.96. The molecule has 0 amide bonds. The van der Waals surface area contributed by atoms with Crippen LogP contribution in [-0.2, 0) is 0 Å². The van der Waals surface area contributed by atoms with E-state index in [0.717, 1.165) is 0 Å². The molecule has 16 rings (SSSR count). The van der Waals surface area contributed by atoms with Crippen molar-refractivity contribution >= 4 is 72.9 Å². The van der Waals surface area contributed by atoms with E-state index in [1.54, 1.807) is 0 Å². The molecule has 0 unspecified atom stereocenters. The average Bonchev–Trinajstić information content (AvgIpc) is 3.15. The fourth-order valence-corrected chi connectivity index (χ4v) is 5.46. The van der Waals surface area contributed by atoms with E-state index in [9.17, 15) is 0 Å². The average molecular weight is 613 g/mol. The Labute approximate surface area is 284 Å². The summed E-state index contributed by atoms with van der Waals surface area (Å²) >= 11 is 0. The first-order valence-corrected chi connectivity index (χ1v) is 16.4. The lowest BCUT2D eigenvalue weighted by molar-refractivity contribution is 1.59. The molecular weight excluding hydrogens is 577 g/mol. The van der Waals surface area contributed by atoms with Crippen molar-refractivity contribution in [3.05, 3.63) is 212 Å². The Morgan fingerprint density at radius 1 is 0.104 bits per heavy atom. The first-order chi connectivity index (χ1) is 23.7. The van der Waals surface area contributed by atoms with Crippen molar-refractivity contribution in [3.63, 3.8) is 0 Å². The topological polar surface area (TPSA) is 0 Å². The smallest absolute Gasteiger partial charge is 0.0256 e. The SMILES string of the molecule is C1=C/c2ccc(cc2)/C=C/c2ccc(cc2)/C=C/c2ccc(cc2)/C=C/c2ccc(cc2)/C=C/c2ccc(cc2)/C=C/c2ccc/1cc2. The quantitative estimate of drug-likeness (QED) is 0.160. The maximum Gasteiger partial charge on any atom is -0.0256 e. The first-order valence-electron chi connectivity index (χ1n) is 16.4. The molecule has 0 nitrogen and oxygen atoms in total. The van der Waals surface area contributed by atoms with Gasteiger partial charge in [-0.3, -0.25) is 0 Å². The predicted molar refractivity (Wildman–Crippen MR) is 212 cm³/mol. The molecule has 0 atom stereocenters. The summed E-state index contributed by atoms with van der Waals surface area (Å²) in [6.07, 6.45) is 26.0. The van der Waals surface area contributed by atoms with Gasteiger partial charge in [-0.2, -0.15) is 0 Å². The zero-order chi connectivity index (χ0) is 32.4. The molecule has 0 saturated carbocycles.